The van der Waals surface area contributed by atoms with Gasteiger partial charge in [-0.2, -0.15) is 4.37 Å². The minimum Gasteiger partial charge on any atom is -0.389 e. The zero-order valence-corrected chi connectivity index (χ0v) is 15.1. The Morgan fingerprint density at radius 3 is 3.12 bits per heavy atom. The SMILES string of the molecule is C=C[C@H](O)Cc1nsc(C2=CCCS[C@@]23C(=O)Nc2ccccc23)n1. The second-order valence-electron chi connectivity index (χ2n) is 5.96. The van der Waals surface area contributed by atoms with E-state index in [-0.39, 0.29) is 5.91 Å². The fourth-order valence-electron chi connectivity index (χ4n) is 3.23. The minimum atomic E-state index is -0.761. The first-order valence-corrected chi connectivity index (χ1v) is 9.80. The van der Waals surface area contributed by atoms with Crippen LogP contribution in [-0.2, 0) is 16.0 Å². The molecule has 4 rings (SSSR count). The molecule has 2 atom stereocenters. The second kappa shape index (κ2) is 6.40. The molecule has 0 saturated carbocycles. The number of rotatable bonds is 4. The summed E-state index contributed by atoms with van der Waals surface area (Å²) < 4.78 is 3.59. The molecule has 0 saturated heterocycles. The number of anilines is 1. The zero-order chi connectivity index (χ0) is 17.4. The number of carbonyl (C=O) groups excluding carboxylic acids is 1. The molecular weight excluding hydrogens is 354 g/mol. The quantitative estimate of drug-likeness (QED) is 0.808. The third-order valence-corrected chi connectivity index (χ3v) is 6.69. The maximum atomic E-state index is 13.0. The Balaban J connectivity index is 1.77. The molecule has 128 valence electrons. The molecule has 2 aliphatic heterocycles. The third kappa shape index (κ3) is 2.63. The Morgan fingerprint density at radius 2 is 2.28 bits per heavy atom. The minimum absolute atomic E-state index is 0.0208. The van der Waals surface area contributed by atoms with E-state index < -0.39 is 10.9 Å². The lowest BCUT2D eigenvalue weighted by Gasteiger charge is -2.31. The maximum Gasteiger partial charge on any atom is 0.249 e. The molecule has 1 aromatic carbocycles. The molecule has 2 N–H and O–H groups in total. The molecule has 1 amide bonds. The van der Waals surface area contributed by atoms with Gasteiger partial charge >= 0.3 is 0 Å². The molecule has 0 bridgehead atoms. The number of thioether (sulfide) groups is 1. The van der Waals surface area contributed by atoms with Gasteiger partial charge in [0.15, 0.2) is 0 Å². The van der Waals surface area contributed by atoms with E-state index >= 15 is 0 Å². The van der Waals surface area contributed by atoms with E-state index in [1.54, 1.807) is 11.8 Å². The molecule has 5 nitrogen and oxygen atoms in total. The molecule has 0 aliphatic carbocycles. The van der Waals surface area contributed by atoms with E-state index in [0.29, 0.717) is 12.2 Å². The van der Waals surface area contributed by atoms with Crippen LogP contribution >= 0.6 is 23.3 Å². The molecule has 0 fully saturated rings. The van der Waals surface area contributed by atoms with Crippen LogP contribution in [0.25, 0.3) is 5.57 Å². The second-order valence-corrected chi connectivity index (χ2v) is 8.02. The van der Waals surface area contributed by atoms with Crippen molar-refractivity contribution in [1.29, 1.82) is 0 Å². The van der Waals surface area contributed by atoms with Gasteiger partial charge in [0.2, 0.25) is 5.91 Å². The van der Waals surface area contributed by atoms with Crippen molar-refractivity contribution >= 4 is 40.5 Å². The number of allylic oxidation sites excluding steroid dienone is 1. The fourth-order valence-corrected chi connectivity index (χ4v) is 5.48. The Hall–Kier alpha value is -1.96. The molecule has 2 aromatic rings. The third-order valence-electron chi connectivity index (χ3n) is 4.40. The van der Waals surface area contributed by atoms with Gasteiger partial charge in [-0.25, -0.2) is 4.98 Å². The van der Waals surface area contributed by atoms with Crippen molar-refractivity contribution in [2.75, 3.05) is 11.1 Å². The molecule has 0 radical (unpaired) electrons. The number of hydrogen-bond donors (Lipinski definition) is 2. The van der Waals surface area contributed by atoms with Crippen molar-refractivity contribution in [2.24, 2.45) is 0 Å². The number of aromatic nitrogens is 2. The van der Waals surface area contributed by atoms with E-state index in [1.165, 1.54) is 17.6 Å². The number of benzene rings is 1. The summed E-state index contributed by atoms with van der Waals surface area (Å²) >= 11 is 2.93. The molecule has 7 heteroatoms. The number of carbonyl (C=O) groups is 1. The van der Waals surface area contributed by atoms with Crippen molar-refractivity contribution in [2.45, 2.75) is 23.7 Å². The Morgan fingerprint density at radius 1 is 1.44 bits per heavy atom. The van der Waals surface area contributed by atoms with Crippen molar-refractivity contribution in [3.8, 4) is 0 Å². The first-order chi connectivity index (χ1) is 12.1. The molecule has 0 unspecified atom stereocenters. The van der Waals surface area contributed by atoms with Gasteiger partial charge < -0.3 is 10.4 Å². The van der Waals surface area contributed by atoms with Crippen molar-refractivity contribution in [3.63, 3.8) is 0 Å². The number of nitrogens with zero attached hydrogens (tertiary/aromatic N) is 2. The monoisotopic (exact) mass is 371 g/mol. The molecule has 2 aliphatic rings. The van der Waals surface area contributed by atoms with Gasteiger partial charge in [-0.3, -0.25) is 4.79 Å². The number of fused-ring (bicyclic) bond motifs is 2. The number of hydrogen-bond acceptors (Lipinski definition) is 6. The highest BCUT2D eigenvalue weighted by atomic mass is 32.2. The van der Waals surface area contributed by atoms with E-state index in [4.69, 9.17) is 0 Å². The van der Waals surface area contributed by atoms with Crippen molar-refractivity contribution in [3.05, 3.63) is 59.4 Å². The standard InChI is InChI=1S/C18H17N3O2S2/c1-2-11(22)10-15-20-16(25-21-15)13-7-5-9-24-18(13)12-6-3-4-8-14(12)19-17(18)23/h2-4,6-8,11,22H,1,5,9-10H2,(H,19,23)/t11-,18+/m0/s1. The van der Waals surface area contributed by atoms with E-state index in [0.717, 1.165) is 34.0 Å². The highest BCUT2D eigenvalue weighted by Gasteiger charge is 2.52. The first kappa shape index (κ1) is 16.5. The number of aliphatic hydroxyl groups excluding tert-OH is 1. The van der Waals surface area contributed by atoms with Crippen LogP contribution in [0, 0.1) is 0 Å². The summed E-state index contributed by atoms with van der Waals surface area (Å²) in [5.74, 6) is 1.43. The van der Waals surface area contributed by atoms with Gasteiger partial charge in [0.05, 0.1) is 6.10 Å². The van der Waals surface area contributed by atoms with Crippen molar-refractivity contribution < 1.29 is 9.90 Å². The highest BCUT2D eigenvalue weighted by Crippen LogP contribution is 2.56. The lowest BCUT2D eigenvalue weighted by Crippen LogP contribution is -2.34. The molecule has 1 spiro atoms. The predicted molar refractivity (Wildman–Crippen MR) is 102 cm³/mol. The number of nitrogens with one attached hydrogen (secondary N) is 1. The first-order valence-electron chi connectivity index (χ1n) is 8.04. The summed E-state index contributed by atoms with van der Waals surface area (Å²) in [7, 11) is 0. The molecular formula is C18H17N3O2S2. The molecule has 3 heterocycles. The van der Waals surface area contributed by atoms with E-state index in [2.05, 4.69) is 27.3 Å². The van der Waals surface area contributed by atoms with Gasteiger partial charge in [-0.05, 0) is 29.8 Å². The van der Waals surface area contributed by atoms with Crippen LogP contribution in [0.4, 0.5) is 5.69 Å². The summed E-state index contributed by atoms with van der Waals surface area (Å²) in [5.41, 5.74) is 2.75. The van der Waals surface area contributed by atoms with Crippen LogP contribution in [-0.4, -0.2) is 32.2 Å². The molecule has 1 aromatic heterocycles. The lowest BCUT2D eigenvalue weighted by atomic mass is 9.90. The van der Waals surface area contributed by atoms with E-state index in [9.17, 15) is 9.90 Å². The normalized spacial score (nSPS) is 23.1. The summed E-state index contributed by atoms with van der Waals surface area (Å²) in [6, 6.07) is 7.82. The van der Waals surface area contributed by atoms with Crippen LogP contribution < -0.4 is 5.32 Å². The predicted octanol–water partition coefficient (Wildman–Crippen LogP) is 3.00. The maximum absolute atomic E-state index is 13.0. The average Bonchev–Trinajstić information content (AvgIpc) is 3.19. The van der Waals surface area contributed by atoms with Crippen LogP contribution in [0.2, 0.25) is 0 Å². The number of amides is 1. The van der Waals surface area contributed by atoms with Crippen LogP contribution in [0.5, 0.6) is 0 Å². The Bertz CT molecular complexity index is 877. The number of para-hydroxylation sites is 1. The topological polar surface area (TPSA) is 75.1 Å². The largest absolute Gasteiger partial charge is 0.389 e. The Kier molecular flexibility index (Phi) is 4.23. The smallest absolute Gasteiger partial charge is 0.249 e. The average molecular weight is 371 g/mol. The van der Waals surface area contributed by atoms with Gasteiger partial charge in [-0.15, -0.1) is 18.3 Å². The van der Waals surface area contributed by atoms with Gasteiger partial charge in [0.1, 0.15) is 15.6 Å². The summed E-state index contributed by atoms with van der Waals surface area (Å²) in [6.45, 7) is 3.58. The van der Waals surface area contributed by atoms with Gasteiger partial charge in [-0.1, -0.05) is 30.4 Å². The lowest BCUT2D eigenvalue weighted by molar-refractivity contribution is -0.116. The number of aliphatic hydroxyl groups is 1. The summed E-state index contributed by atoms with van der Waals surface area (Å²) in [4.78, 5) is 17.5. The van der Waals surface area contributed by atoms with Crippen LogP contribution in [0.15, 0.2) is 43.0 Å². The van der Waals surface area contributed by atoms with Crippen LogP contribution in [0.1, 0.15) is 22.8 Å². The van der Waals surface area contributed by atoms with E-state index in [1.807, 2.05) is 24.3 Å². The Labute approximate surface area is 154 Å². The van der Waals surface area contributed by atoms with Gasteiger partial charge in [0.25, 0.3) is 0 Å². The summed E-state index contributed by atoms with van der Waals surface area (Å²) in [5, 5.41) is 13.5. The molecule has 25 heavy (non-hydrogen) atoms. The fraction of sp³-hybridized carbons (Fsp3) is 0.278. The van der Waals surface area contributed by atoms with Crippen molar-refractivity contribution in [1.82, 2.24) is 9.36 Å². The zero-order valence-electron chi connectivity index (χ0n) is 13.4. The highest BCUT2D eigenvalue weighted by molar-refractivity contribution is 8.01. The van der Waals surface area contributed by atoms with Crippen LogP contribution in [0.3, 0.4) is 0 Å². The van der Waals surface area contributed by atoms with Gasteiger partial charge in [0, 0.05) is 23.2 Å². The summed E-state index contributed by atoms with van der Waals surface area (Å²) in [6.07, 6.45) is 4.13.